The summed E-state index contributed by atoms with van der Waals surface area (Å²) in [6.45, 7) is 1.87. The zero-order chi connectivity index (χ0) is 17.5. The van der Waals surface area contributed by atoms with Crippen molar-refractivity contribution in [2.45, 2.75) is 25.8 Å². The maximum atomic E-state index is 13.4. The van der Waals surface area contributed by atoms with E-state index in [-0.39, 0.29) is 43.7 Å². The number of nitrogens with one attached hydrogen (secondary N) is 1. The summed E-state index contributed by atoms with van der Waals surface area (Å²) < 4.78 is 31.1. The minimum atomic E-state index is -0.949. The molecule has 0 aliphatic carbocycles. The molecule has 0 aromatic heterocycles. The molecule has 8 heteroatoms. The van der Waals surface area contributed by atoms with Crippen molar-refractivity contribution < 1.29 is 23.1 Å². The summed E-state index contributed by atoms with van der Waals surface area (Å²) >= 11 is 0. The van der Waals surface area contributed by atoms with Crippen LogP contribution in [0.25, 0.3) is 0 Å². The van der Waals surface area contributed by atoms with Crippen LogP contribution in [-0.2, 0) is 20.9 Å². The van der Waals surface area contributed by atoms with Gasteiger partial charge in [-0.2, -0.15) is 0 Å². The lowest BCUT2D eigenvalue weighted by atomic mass is 9.96. The van der Waals surface area contributed by atoms with Gasteiger partial charge in [-0.05, 0) is 43.6 Å². The van der Waals surface area contributed by atoms with Crippen molar-refractivity contribution >= 4 is 24.3 Å². The first-order chi connectivity index (χ1) is 11.5. The lowest BCUT2D eigenvalue weighted by molar-refractivity contribution is -0.143. The van der Waals surface area contributed by atoms with E-state index < -0.39 is 17.6 Å². The van der Waals surface area contributed by atoms with Gasteiger partial charge in [0.15, 0.2) is 11.6 Å². The number of hydrogen-bond donors (Lipinski definition) is 1. The van der Waals surface area contributed by atoms with Crippen molar-refractivity contribution in [3.8, 4) is 0 Å². The minimum absolute atomic E-state index is 0. The van der Waals surface area contributed by atoms with Crippen molar-refractivity contribution in [2.24, 2.45) is 5.92 Å². The first kappa shape index (κ1) is 21.3. The van der Waals surface area contributed by atoms with Gasteiger partial charge in [-0.3, -0.25) is 9.59 Å². The van der Waals surface area contributed by atoms with E-state index in [0.29, 0.717) is 5.56 Å². The second kappa shape index (κ2) is 10.3. The van der Waals surface area contributed by atoms with Crippen LogP contribution < -0.4 is 5.32 Å². The molecule has 1 saturated heterocycles. The lowest BCUT2D eigenvalue weighted by Gasteiger charge is -2.29. The Labute approximate surface area is 152 Å². The summed E-state index contributed by atoms with van der Waals surface area (Å²) in [7, 11) is 1.29. The van der Waals surface area contributed by atoms with Gasteiger partial charge in [-0.15, -0.1) is 12.4 Å². The number of nitrogens with zero attached hydrogens (tertiary/aromatic N) is 1. The molecule has 2 rings (SSSR count). The second-order valence-corrected chi connectivity index (χ2v) is 5.86. The Morgan fingerprint density at radius 3 is 2.52 bits per heavy atom. The average molecular weight is 377 g/mol. The van der Waals surface area contributed by atoms with Crippen molar-refractivity contribution in [1.29, 1.82) is 0 Å². The molecule has 1 N–H and O–H groups in total. The molecule has 0 atom stereocenters. The molecule has 0 unspecified atom stereocenters. The molecular weight excluding hydrogens is 354 g/mol. The van der Waals surface area contributed by atoms with Gasteiger partial charge in [-0.1, -0.05) is 6.07 Å². The third kappa shape index (κ3) is 6.25. The van der Waals surface area contributed by atoms with Gasteiger partial charge in [0, 0.05) is 19.0 Å². The van der Waals surface area contributed by atoms with Crippen LogP contribution in [0, 0.1) is 17.6 Å². The largest absolute Gasteiger partial charge is 0.469 e. The molecule has 1 aliphatic heterocycles. The Balaban J connectivity index is 0.00000312. The van der Waals surface area contributed by atoms with E-state index in [0.717, 1.165) is 38.1 Å². The summed E-state index contributed by atoms with van der Waals surface area (Å²) in [5.74, 6) is -2.47. The number of halogens is 3. The molecule has 1 aromatic carbocycles. The highest BCUT2D eigenvalue weighted by Crippen LogP contribution is 2.18. The second-order valence-electron chi connectivity index (χ2n) is 5.86. The SMILES string of the molecule is COC(=O)CCN(Cc1ccc(F)c(F)c1)C(=O)C1CCNCC1.Cl. The van der Waals surface area contributed by atoms with Crippen LogP contribution in [0.3, 0.4) is 0 Å². The van der Waals surface area contributed by atoms with Crippen LogP contribution >= 0.6 is 12.4 Å². The Morgan fingerprint density at radius 1 is 1.24 bits per heavy atom. The number of ether oxygens (including phenoxy) is 1. The van der Waals surface area contributed by atoms with Gasteiger partial charge in [0.1, 0.15) is 0 Å². The predicted molar refractivity (Wildman–Crippen MR) is 91.2 cm³/mol. The normalized spacial score (nSPS) is 14.5. The molecule has 1 heterocycles. The van der Waals surface area contributed by atoms with Gasteiger partial charge in [0.2, 0.25) is 5.91 Å². The highest BCUT2D eigenvalue weighted by molar-refractivity contribution is 5.85. The zero-order valence-electron chi connectivity index (χ0n) is 14.1. The molecule has 0 spiro atoms. The third-order valence-electron chi connectivity index (χ3n) is 4.17. The van der Waals surface area contributed by atoms with E-state index in [9.17, 15) is 18.4 Å². The number of amides is 1. The smallest absolute Gasteiger partial charge is 0.307 e. The number of carbonyl (C=O) groups is 2. The number of rotatable bonds is 6. The summed E-state index contributed by atoms with van der Waals surface area (Å²) in [5, 5.41) is 3.20. The summed E-state index contributed by atoms with van der Waals surface area (Å²) in [5.41, 5.74) is 0.487. The molecule has 5 nitrogen and oxygen atoms in total. The number of piperidine rings is 1. The average Bonchev–Trinajstić information content (AvgIpc) is 2.61. The number of hydrogen-bond acceptors (Lipinski definition) is 4. The number of carbonyl (C=O) groups excluding carboxylic acids is 2. The molecule has 25 heavy (non-hydrogen) atoms. The summed E-state index contributed by atoms with van der Waals surface area (Å²) in [6, 6.07) is 3.56. The van der Waals surface area contributed by atoms with E-state index >= 15 is 0 Å². The maximum absolute atomic E-state index is 13.4. The highest BCUT2D eigenvalue weighted by Gasteiger charge is 2.26. The van der Waals surface area contributed by atoms with Crippen LogP contribution in [0.4, 0.5) is 8.78 Å². The van der Waals surface area contributed by atoms with Crippen molar-refractivity contribution in [3.63, 3.8) is 0 Å². The van der Waals surface area contributed by atoms with Gasteiger partial charge in [-0.25, -0.2) is 8.78 Å². The molecule has 1 amide bonds. The van der Waals surface area contributed by atoms with E-state index in [4.69, 9.17) is 0 Å². The minimum Gasteiger partial charge on any atom is -0.469 e. The standard InChI is InChI=1S/C17H22F2N2O3.ClH/c1-24-16(22)6-9-21(17(23)13-4-7-20-8-5-13)11-12-2-3-14(18)15(19)10-12;/h2-3,10,13,20H,4-9,11H2,1H3;1H. The Hall–Kier alpha value is -1.73. The molecule has 140 valence electrons. The van der Waals surface area contributed by atoms with Gasteiger partial charge < -0.3 is 15.0 Å². The molecule has 0 bridgehead atoms. The first-order valence-corrected chi connectivity index (χ1v) is 8.01. The van der Waals surface area contributed by atoms with Crippen molar-refractivity contribution in [1.82, 2.24) is 10.2 Å². The van der Waals surface area contributed by atoms with Crippen molar-refractivity contribution in [2.75, 3.05) is 26.7 Å². The molecule has 0 saturated carbocycles. The fourth-order valence-corrected chi connectivity index (χ4v) is 2.78. The Bertz CT molecular complexity index is 595. The van der Waals surface area contributed by atoms with E-state index in [1.807, 2.05) is 0 Å². The summed E-state index contributed by atoms with van der Waals surface area (Å²) in [6.07, 6.45) is 1.52. The third-order valence-corrected chi connectivity index (χ3v) is 4.17. The van der Waals surface area contributed by atoms with Crippen LogP contribution in [0.2, 0.25) is 0 Å². The van der Waals surface area contributed by atoms with Crippen molar-refractivity contribution in [3.05, 3.63) is 35.4 Å². The molecule has 1 aromatic rings. The van der Waals surface area contributed by atoms with Gasteiger partial charge >= 0.3 is 5.97 Å². The topological polar surface area (TPSA) is 58.6 Å². The number of methoxy groups -OCH3 is 1. The molecular formula is C17H23ClF2N2O3. The van der Waals surface area contributed by atoms with E-state index in [1.54, 1.807) is 0 Å². The molecule has 1 aliphatic rings. The Morgan fingerprint density at radius 2 is 1.92 bits per heavy atom. The van der Waals surface area contributed by atoms with Gasteiger partial charge in [0.25, 0.3) is 0 Å². The van der Waals surface area contributed by atoms with E-state index in [2.05, 4.69) is 10.1 Å². The summed E-state index contributed by atoms with van der Waals surface area (Å²) in [4.78, 5) is 25.6. The number of benzene rings is 1. The zero-order valence-corrected chi connectivity index (χ0v) is 14.9. The van der Waals surface area contributed by atoms with Gasteiger partial charge in [0.05, 0.1) is 13.5 Å². The van der Waals surface area contributed by atoms with E-state index in [1.165, 1.54) is 18.1 Å². The molecule has 0 radical (unpaired) electrons. The van der Waals surface area contributed by atoms with Crippen LogP contribution in [0.5, 0.6) is 0 Å². The maximum Gasteiger partial charge on any atom is 0.307 e. The van der Waals surface area contributed by atoms with Crippen LogP contribution in [0.1, 0.15) is 24.8 Å². The van der Waals surface area contributed by atoms with Crippen LogP contribution in [0.15, 0.2) is 18.2 Å². The lowest BCUT2D eigenvalue weighted by Crippen LogP contribution is -2.41. The molecule has 1 fully saturated rings. The highest BCUT2D eigenvalue weighted by atomic mass is 35.5. The first-order valence-electron chi connectivity index (χ1n) is 8.01. The Kier molecular flexibility index (Phi) is 8.78. The fourth-order valence-electron chi connectivity index (χ4n) is 2.78. The quantitative estimate of drug-likeness (QED) is 0.774. The number of esters is 1. The monoisotopic (exact) mass is 376 g/mol. The van der Waals surface area contributed by atoms with Crippen LogP contribution in [-0.4, -0.2) is 43.5 Å². The fraction of sp³-hybridized carbons (Fsp3) is 0.529. The predicted octanol–water partition coefficient (Wildman–Crippen LogP) is 2.28.